The third-order valence-corrected chi connectivity index (χ3v) is 0.462. The molecule has 0 aromatic carbocycles. The number of nitrogens with two attached hydrogens (primary N) is 1. The summed E-state index contributed by atoms with van der Waals surface area (Å²) in [5.41, 5.74) is 4.84. The van der Waals surface area contributed by atoms with Crippen LogP contribution in [-0.2, 0) is 4.74 Å². The van der Waals surface area contributed by atoms with E-state index in [2.05, 4.69) is 4.74 Å². The quantitative estimate of drug-likeness (QED) is 0.389. The lowest BCUT2D eigenvalue weighted by Crippen LogP contribution is -2.14. The lowest BCUT2D eigenvalue weighted by atomic mass is 10.5. The van der Waals surface area contributed by atoms with Gasteiger partial charge < -0.3 is 10.5 Å². The third-order valence-electron chi connectivity index (χ3n) is 0.462. The maximum Gasteiger partial charge on any atom is 0.278 e. The molecule has 0 unspecified atom stereocenters. The highest BCUT2D eigenvalue weighted by atomic mass is 16.5. The molecule has 0 atom stereocenters. The zero-order valence-electron chi connectivity index (χ0n) is 4.40. The predicted octanol–water partition coefficient (Wildman–Crippen LogP) is 0.306. The van der Waals surface area contributed by atoms with Crippen molar-refractivity contribution in [3.05, 3.63) is 0 Å². The Morgan fingerprint density at radius 3 is 2.57 bits per heavy atom. The van der Waals surface area contributed by atoms with E-state index in [1.54, 1.807) is 0 Å². The lowest BCUT2D eigenvalue weighted by Gasteiger charge is -1.96. The van der Waals surface area contributed by atoms with Gasteiger partial charge in [0, 0.05) is 0 Å². The Labute approximate surface area is 43.0 Å². The molecule has 0 saturated carbocycles. The molecule has 0 aliphatic rings. The fourth-order valence-electron chi connectivity index (χ4n) is 0.212. The normalized spacial score (nSPS) is 8.14. The average molecular weight is 102 g/mol. The van der Waals surface area contributed by atoms with Crippen LogP contribution in [-0.4, -0.2) is 12.6 Å². The van der Waals surface area contributed by atoms with E-state index in [0.717, 1.165) is 6.42 Å². The van der Waals surface area contributed by atoms with Crippen LogP contribution in [0.25, 0.3) is 0 Å². The highest BCUT2D eigenvalue weighted by Gasteiger charge is 1.81. The number of hydrogen-bond acceptors (Lipinski definition) is 2. The van der Waals surface area contributed by atoms with E-state index >= 15 is 0 Å². The minimum Gasteiger partial charge on any atom is -0.466 e. The molecule has 0 aliphatic heterocycles. The molecule has 3 N–H and O–H groups in total. The summed E-state index contributed by atoms with van der Waals surface area (Å²) in [6.45, 7) is 2.51. The van der Waals surface area contributed by atoms with Crippen LogP contribution in [0.4, 0.5) is 0 Å². The predicted molar refractivity (Wildman–Crippen MR) is 28.2 cm³/mol. The second-order valence-corrected chi connectivity index (χ2v) is 1.21. The standard InChI is InChI=1S/C4H10N2O/c1-2-3-7-4(5)6/h2-3H2,1H3,(H3,5,6). The molecule has 0 aromatic rings. The molecule has 0 rings (SSSR count). The highest BCUT2D eigenvalue weighted by molar-refractivity contribution is 5.67. The molecule has 0 heterocycles. The first-order valence-corrected chi connectivity index (χ1v) is 2.24. The van der Waals surface area contributed by atoms with E-state index in [0.29, 0.717) is 6.61 Å². The van der Waals surface area contributed by atoms with E-state index in [1.165, 1.54) is 0 Å². The van der Waals surface area contributed by atoms with Gasteiger partial charge in [0.1, 0.15) is 0 Å². The third kappa shape index (κ3) is 5.27. The van der Waals surface area contributed by atoms with Gasteiger partial charge in [-0.3, -0.25) is 5.41 Å². The molecule has 0 aromatic heterocycles. The Balaban J connectivity index is 2.82. The summed E-state index contributed by atoms with van der Waals surface area (Å²) >= 11 is 0. The zero-order valence-corrected chi connectivity index (χ0v) is 4.40. The highest BCUT2D eigenvalue weighted by Crippen LogP contribution is 1.75. The van der Waals surface area contributed by atoms with Gasteiger partial charge in [-0.05, 0) is 6.42 Å². The fraction of sp³-hybridized carbons (Fsp3) is 0.750. The first-order chi connectivity index (χ1) is 3.27. The second-order valence-electron chi connectivity index (χ2n) is 1.21. The maximum absolute atomic E-state index is 6.55. The molecule has 42 valence electrons. The van der Waals surface area contributed by atoms with Gasteiger partial charge >= 0.3 is 0 Å². The van der Waals surface area contributed by atoms with Gasteiger partial charge in [0.05, 0.1) is 6.61 Å². The molecule has 0 fully saturated rings. The molecule has 0 radical (unpaired) electrons. The molecule has 3 nitrogen and oxygen atoms in total. The summed E-state index contributed by atoms with van der Waals surface area (Å²) in [5.74, 6) is 0. The number of rotatable bonds is 2. The Hall–Kier alpha value is -0.730. The molecule has 0 spiro atoms. The smallest absolute Gasteiger partial charge is 0.278 e. The van der Waals surface area contributed by atoms with Crippen molar-refractivity contribution < 1.29 is 4.74 Å². The van der Waals surface area contributed by atoms with Gasteiger partial charge in [-0.15, -0.1) is 0 Å². The number of ether oxygens (including phenoxy) is 1. The summed E-state index contributed by atoms with van der Waals surface area (Å²) in [6, 6.07) is -0.193. The Kier molecular flexibility index (Phi) is 3.10. The zero-order chi connectivity index (χ0) is 5.70. The summed E-state index contributed by atoms with van der Waals surface area (Å²) in [7, 11) is 0. The van der Waals surface area contributed by atoms with E-state index in [-0.39, 0.29) is 6.02 Å². The van der Waals surface area contributed by atoms with Gasteiger partial charge in [-0.25, -0.2) is 0 Å². The summed E-state index contributed by atoms with van der Waals surface area (Å²) in [5, 5.41) is 6.55. The Bertz CT molecular complexity index is 62.7. The monoisotopic (exact) mass is 102 g/mol. The number of nitrogens with one attached hydrogen (secondary N) is 1. The molecule has 0 aliphatic carbocycles. The summed E-state index contributed by atoms with van der Waals surface area (Å²) in [6.07, 6.45) is 0.902. The van der Waals surface area contributed by atoms with Crippen LogP contribution < -0.4 is 5.73 Å². The maximum atomic E-state index is 6.55. The summed E-state index contributed by atoms with van der Waals surface area (Å²) < 4.78 is 4.55. The van der Waals surface area contributed by atoms with Crippen molar-refractivity contribution in [3.63, 3.8) is 0 Å². The van der Waals surface area contributed by atoms with Crippen LogP contribution in [0.5, 0.6) is 0 Å². The van der Waals surface area contributed by atoms with Crippen molar-refractivity contribution in [2.45, 2.75) is 13.3 Å². The average Bonchev–Trinajstić information content (AvgIpc) is 1.61. The van der Waals surface area contributed by atoms with Crippen molar-refractivity contribution >= 4 is 6.02 Å². The van der Waals surface area contributed by atoms with Crippen LogP contribution in [0.2, 0.25) is 0 Å². The van der Waals surface area contributed by atoms with Crippen LogP contribution in [0.3, 0.4) is 0 Å². The van der Waals surface area contributed by atoms with Crippen molar-refractivity contribution in [2.75, 3.05) is 6.61 Å². The van der Waals surface area contributed by atoms with Gasteiger partial charge in [0.15, 0.2) is 0 Å². The van der Waals surface area contributed by atoms with Gasteiger partial charge in [0.25, 0.3) is 6.02 Å². The molecular formula is C4H10N2O. The summed E-state index contributed by atoms with van der Waals surface area (Å²) in [4.78, 5) is 0. The van der Waals surface area contributed by atoms with Crippen molar-refractivity contribution in [2.24, 2.45) is 5.73 Å². The van der Waals surface area contributed by atoms with E-state index < -0.39 is 0 Å². The molecular weight excluding hydrogens is 92.1 g/mol. The molecule has 0 amide bonds. The molecule has 0 bridgehead atoms. The SMILES string of the molecule is CCCOC(=N)N. The van der Waals surface area contributed by atoms with Crippen molar-refractivity contribution in [1.82, 2.24) is 0 Å². The van der Waals surface area contributed by atoms with Crippen LogP contribution in [0.15, 0.2) is 0 Å². The lowest BCUT2D eigenvalue weighted by molar-refractivity contribution is 0.297. The second kappa shape index (κ2) is 3.46. The Morgan fingerprint density at radius 1 is 1.86 bits per heavy atom. The molecule has 3 heteroatoms. The minimum absolute atomic E-state index is 0.193. The van der Waals surface area contributed by atoms with E-state index in [4.69, 9.17) is 11.1 Å². The molecule has 7 heavy (non-hydrogen) atoms. The fourth-order valence-corrected chi connectivity index (χ4v) is 0.212. The number of amidine groups is 1. The van der Waals surface area contributed by atoms with Crippen molar-refractivity contribution in [1.29, 1.82) is 5.41 Å². The van der Waals surface area contributed by atoms with Gasteiger partial charge in [-0.2, -0.15) is 0 Å². The first kappa shape index (κ1) is 6.27. The van der Waals surface area contributed by atoms with Crippen LogP contribution in [0, 0.1) is 5.41 Å². The topological polar surface area (TPSA) is 59.1 Å². The van der Waals surface area contributed by atoms with Crippen molar-refractivity contribution in [3.8, 4) is 0 Å². The Morgan fingerprint density at radius 2 is 2.43 bits per heavy atom. The van der Waals surface area contributed by atoms with Crippen LogP contribution in [0.1, 0.15) is 13.3 Å². The minimum atomic E-state index is -0.193. The van der Waals surface area contributed by atoms with E-state index in [1.807, 2.05) is 6.92 Å². The largest absolute Gasteiger partial charge is 0.466 e. The number of hydrogen-bond donors (Lipinski definition) is 2. The van der Waals surface area contributed by atoms with Crippen LogP contribution >= 0.6 is 0 Å². The van der Waals surface area contributed by atoms with Gasteiger partial charge in [-0.1, -0.05) is 6.92 Å². The van der Waals surface area contributed by atoms with Gasteiger partial charge in [0.2, 0.25) is 0 Å². The first-order valence-electron chi connectivity index (χ1n) is 2.24. The molecule has 0 saturated heterocycles. The van der Waals surface area contributed by atoms with E-state index in [9.17, 15) is 0 Å².